The fraction of sp³-hybridized carbons (Fsp3) is 0.0952. The molecule has 27 heavy (non-hydrogen) atoms. The Labute approximate surface area is 156 Å². The highest BCUT2D eigenvalue weighted by atomic mass is 16.4. The summed E-state index contributed by atoms with van der Waals surface area (Å²) in [5, 5.41) is 11.9. The van der Waals surface area contributed by atoms with Crippen molar-refractivity contribution < 1.29 is 19.1 Å². The van der Waals surface area contributed by atoms with E-state index in [4.69, 9.17) is 4.42 Å². The Hall–Kier alpha value is -3.67. The number of aliphatic imine (C=N–C) groups is 1. The molecule has 6 heteroatoms. The minimum absolute atomic E-state index is 0.128. The van der Waals surface area contributed by atoms with Gasteiger partial charge in [0.2, 0.25) is 5.91 Å². The van der Waals surface area contributed by atoms with Crippen LogP contribution in [0, 0.1) is 6.92 Å². The summed E-state index contributed by atoms with van der Waals surface area (Å²) in [4.78, 5) is 26.6. The first-order valence-corrected chi connectivity index (χ1v) is 8.28. The molecule has 0 bridgehead atoms. The van der Waals surface area contributed by atoms with Crippen molar-refractivity contribution in [1.29, 1.82) is 0 Å². The molecule has 2 aromatic carbocycles. The van der Waals surface area contributed by atoms with Gasteiger partial charge in [0.05, 0.1) is 17.5 Å². The summed E-state index contributed by atoms with van der Waals surface area (Å²) in [5.41, 5.74) is 3.05. The van der Waals surface area contributed by atoms with E-state index in [0.717, 1.165) is 0 Å². The Kier molecular flexibility index (Phi) is 5.17. The number of hydrogen-bond donors (Lipinski definition) is 2. The van der Waals surface area contributed by atoms with Crippen LogP contribution in [0.5, 0.6) is 0 Å². The van der Waals surface area contributed by atoms with E-state index >= 15 is 0 Å². The average Bonchev–Trinajstić information content (AvgIpc) is 3.10. The first-order chi connectivity index (χ1) is 12.9. The van der Waals surface area contributed by atoms with E-state index in [1.165, 1.54) is 6.92 Å². The van der Waals surface area contributed by atoms with Crippen molar-refractivity contribution in [2.24, 2.45) is 4.99 Å². The molecule has 0 atom stereocenters. The Morgan fingerprint density at radius 3 is 2.48 bits per heavy atom. The molecule has 136 valence electrons. The fourth-order valence-corrected chi connectivity index (χ4v) is 2.56. The topological polar surface area (TPSA) is 91.9 Å². The summed E-state index contributed by atoms with van der Waals surface area (Å²) < 4.78 is 5.74. The number of nitrogens with one attached hydrogen (secondary N) is 1. The molecule has 3 rings (SSSR count). The van der Waals surface area contributed by atoms with Crippen molar-refractivity contribution in [3.05, 3.63) is 71.5 Å². The third-order valence-electron chi connectivity index (χ3n) is 3.91. The molecular formula is C21H18N2O4. The highest BCUT2D eigenvalue weighted by Crippen LogP contribution is 2.25. The zero-order valence-corrected chi connectivity index (χ0v) is 14.9. The normalized spacial score (nSPS) is 10.9. The van der Waals surface area contributed by atoms with E-state index in [0.29, 0.717) is 34.0 Å². The third kappa shape index (κ3) is 4.49. The maximum absolute atomic E-state index is 11.3. The molecule has 0 radical (unpaired) electrons. The molecule has 6 nitrogen and oxygen atoms in total. The monoisotopic (exact) mass is 362 g/mol. The van der Waals surface area contributed by atoms with E-state index in [2.05, 4.69) is 10.3 Å². The summed E-state index contributed by atoms with van der Waals surface area (Å²) in [6.07, 6.45) is 1.59. The predicted molar refractivity (Wildman–Crippen MR) is 104 cm³/mol. The Morgan fingerprint density at radius 2 is 1.81 bits per heavy atom. The van der Waals surface area contributed by atoms with Gasteiger partial charge in [-0.3, -0.25) is 9.79 Å². The van der Waals surface area contributed by atoms with Gasteiger partial charge in [0, 0.05) is 18.2 Å². The van der Waals surface area contributed by atoms with E-state index in [9.17, 15) is 14.7 Å². The second-order valence-corrected chi connectivity index (χ2v) is 6.02. The number of anilines is 1. The van der Waals surface area contributed by atoms with E-state index < -0.39 is 5.97 Å². The van der Waals surface area contributed by atoms with Crippen LogP contribution in [0.25, 0.3) is 11.3 Å². The lowest BCUT2D eigenvalue weighted by Gasteiger charge is -2.03. The molecular weight excluding hydrogens is 344 g/mol. The number of benzene rings is 2. The van der Waals surface area contributed by atoms with Gasteiger partial charge in [0.25, 0.3) is 0 Å². The average molecular weight is 362 g/mol. The largest absolute Gasteiger partial charge is 0.478 e. The molecule has 3 aromatic rings. The van der Waals surface area contributed by atoms with Crippen LogP contribution in [0.2, 0.25) is 0 Å². The molecule has 0 aliphatic carbocycles. The van der Waals surface area contributed by atoms with Crippen LogP contribution in [-0.2, 0) is 4.79 Å². The van der Waals surface area contributed by atoms with Gasteiger partial charge in [-0.05, 0) is 55.0 Å². The predicted octanol–water partition coefficient (Wildman–Crippen LogP) is 4.66. The number of carbonyl (C=O) groups excluding carboxylic acids is 1. The second-order valence-electron chi connectivity index (χ2n) is 6.02. The van der Waals surface area contributed by atoms with E-state index in [-0.39, 0.29) is 11.5 Å². The Bertz CT molecular complexity index is 1020. The van der Waals surface area contributed by atoms with Crippen molar-refractivity contribution in [3.8, 4) is 11.3 Å². The number of carboxylic acids is 1. The van der Waals surface area contributed by atoms with Gasteiger partial charge >= 0.3 is 5.97 Å². The maximum Gasteiger partial charge on any atom is 0.335 e. The van der Waals surface area contributed by atoms with Gasteiger partial charge < -0.3 is 14.8 Å². The van der Waals surface area contributed by atoms with Crippen LogP contribution in [0.15, 0.2) is 64.0 Å². The number of furan rings is 1. The van der Waals surface area contributed by atoms with E-state index in [1.807, 2.05) is 6.07 Å². The van der Waals surface area contributed by atoms with Gasteiger partial charge in [-0.25, -0.2) is 4.79 Å². The molecule has 0 saturated heterocycles. The minimum Gasteiger partial charge on any atom is -0.478 e. The van der Waals surface area contributed by atoms with Crippen LogP contribution in [-0.4, -0.2) is 23.2 Å². The molecule has 1 heterocycles. The zero-order chi connectivity index (χ0) is 19.4. The van der Waals surface area contributed by atoms with Crippen molar-refractivity contribution in [1.82, 2.24) is 0 Å². The lowest BCUT2D eigenvalue weighted by Crippen LogP contribution is -2.04. The highest BCUT2D eigenvalue weighted by molar-refractivity contribution is 5.91. The minimum atomic E-state index is -0.967. The molecule has 0 aliphatic heterocycles. The standard InChI is InChI=1S/C21H18N2O4/c1-13-3-4-15(11-19(13)21(25)26)20-10-9-18(27-20)12-22-16-5-7-17(8-6-16)23-14(2)24/h3-12H,1-2H3,(H,23,24)(H,25,26). The van der Waals surface area contributed by atoms with Crippen LogP contribution in [0.1, 0.15) is 28.6 Å². The first-order valence-electron chi connectivity index (χ1n) is 8.28. The lowest BCUT2D eigenvalue weighted by molar-refractivity contribution is -0.114. The first kappa shape index (κ1) is 18.1. The summed E-state index contributed by atoms with van der Waals surface area (Å²) in [5.74, 6) is 0.0234. The molecule has 2 N–H and O–H groups in total. The molecule has 0 aliphatic rings. The van der Waals surface area contributed by atoms with Crippen LogP contribution < -0.4 is 5.32 Å². The number of rotatable bonds is 5. The van der Waals surface area contributed by atoms with Crippen LogP contribution in [0.3, 0.4) is 0 Å². The van der Waals surface area contributed by atoms with Crippen LogP contribution >= 0.6 is 0 Å². The quantitative estimate of drug-likeness (QED) is 0.646. The summed E-state index contributed by atoms with van der Waals surface area (Å²) in [6, 6.07) is 15.8. The Morgan fingerprint density at radius 1 is 1.07 bits per heavy atom. The number of amides is 1. The second kappa shape index (κ2) is 7.70. The number of aryl methyl sites for hydroxylation is 1. The molecule has 0 unspecified atom stereocenters. The Balaban J connectivity index is 1.76. The van der Waals surface area contributed by atoms with Gasteiger partial charge in [0.15, 0.2) is 0 Å². The van der Waals surface area contributed by atoms with Gasteiger partial charge in [0.1, 0.15) is 11.5 Å². The summed E-state index contributed by atoms with van der Waals surface area (Å²) in [6.45, 7) is 3.21. The van der Waals surface area contributed by atoms with Gasteiger partial charge in [-0.2, -0.15) is 0 Å². The molecule has 0 spiro atoms. The summed E-state index contributed by atoms with van der Waals surface area (Å²) in [7, 11) is 0. The third-order valence-corrected chi connectivity index (χ3v) is 3.91. The number of carbonyl (C=O) groups is 2. The van der Waals surface area contributed by atoms with Crippen molar-refractivity contribution in [3.63, 3.8) is 0 Å². The smallest absolute Gasteiger partial charge is 0.335 e. The maximum atomic E-state index is 11.3. The number of hydrogen-bond acceptors (Lipinski definition) is 4. The molecule has 0 fully saturated rings. The number of carboxylic acid groups (broad SMARTS) is 1. The van der Waals surface area contributed by atoms with Gasteiger partial charge in [-0.1, -0.05) is 12.1 Å². The van der Waals surface area contributed by atoms with E-state index in [1.54, 1.807) is 61.7 Å². The number of aromatic carboxylic acids is 1. The molecule has 1 amide bonds. The van der Waals surface area contributed by atoms with Crippen LogP contribution in [0.4, 0.5) is 11.4 Å². The molecule has 1 aromatic heterocycles. The summed E-state index contributed by atoms with van der Waals surface area (Å²) >= 11 is 0. The van der Waals surface area contributed by atoms with Gasteiger partial charge in [-0.15, -0.1) is 0 Å². The molecule has 0 saturated carbocycles. The highest BCUT2D eigenvalue weighted by Gasteiger charge is 2.11. The zero-order valence-electron chi connectivity index (χ0n) is 14.9. The van der Waals surface area contributed by atoms with Crippen molar-refractivity contribution >= 4 is 29.5 Å². The number of nitrogens with zero attached hydrogens (tertiary/aromatic N) is 1. The van der Waals surface area contributed by atoms with Crippen molar-refractivity contribution in [2.75, 3.05) is 5.32 Å². The lowest BCUT2D eigenvalue weighted by atomic mass is 10.0. The SMILES string of the molecule is CC(=O)Nc1ccc(N=Cc2ccc(-c3ccc(C)c(C(=O)O)c3)o2)cc1. The fourth-order valence-electron chi connectivity index (χ4n) is 2.56. The van der Waals surface area contributed by atoms with Crippen molar-refractivity contribution in [2.45, 2.75) is 13.8 Å².